The highest BCUT2D eigenvalue weighted by molar-refractivity contribution is 7.89. The van der Waals surface area contributed by atoms with Crippen molar-refractivity contribution in [3.8, 4) is 6.07 Å². The van der Waals surface area contributed by atoms with Crippen molar-refractivity contribution in [3.63, 3.8) is 0 Å². The van der Waals surface area contributed by atoms with E-state index in [0.29, 0.717) is 10.6 Å². The molecule has 2 aromatic rings. The van der Waals surface area contributed by atoms with Crippen LogP contribution in [-0.4, -0.2) is 8.42 Å². The van der Waals surface area contributed by atoms with E-state index in [9.17, 15) is 13.7 Å². The molecule has 0 heterocycles. The molecule has 0 aliphatic carbocycles. The maximum atomic E-state index is 12.3. The van der Waals surface area contributed by atoms with Crippen molar-refractivity contribution in [1.82, 2.24) is 4.72 Å². The fourth-order valence-corrected chi connectivity index (χ4v) is 3.02. The lowest BCUT2D eigenvalue weighted by Gasteiger charge is -2.12. The molecule has 2 aromatic carbocycles. The van der Waals surface area contributed by atoms with Gasteiger partial charge in [-0.3, -0.25) is 0 Å². The molecule has 0 aromatic heterocycles. The van der Waals surface area contributed by atoms with Crippen LogP contribution >= 0.6 is 11.6 Å². The molecule has 1 N–H and O–H groups in total. The number of rotatable bonds is 4. The molecule has 2 rings (SSSR count). The number of hydrogen-bond donors (Lipinski definition) is 1. The standard InChI is InChI=1S/C15H13ClN2O2S/c1-11-2-8-14(9-3-11)21(19,20)18-15(10-17)12-4-6-13(16)7-5-12/h2-9,15,18H,1H3. The molecule has 1 atom stereocenters. The van der Waals surface area contributed by atoms with E-state index in [1.807, 2.05) is 13.0 Å². The summed E-state index contributed by atoms with van der Waals surface area (Å²) in [4.78, 5) is 0.127. The van der Waals surface area contributed by atoms with Gasteiger partial charge in [0.25, 0.3) is 0 Å². The quantitative estimate of drug-likeness (QED) is 0.940. The van der Waals surface area contributed by atoms with Gasteiger partial charge in [0, 0.05) is 5.02 Å². The molecular formula is C15H13ClN2O2S. The average molecular weight is 321 g/mol. The summed E-state index contributed by atoms with van der Waals surface area (Å²) in [5.41, 5.74) is 1.50. The van der Waals surface area contributed by atoms with Crippen LogP contribution in [0.5, 0.6) is 0 Å². The van der Waals surface area contributed by atoms with Crippen LogP contribution < -0.4 is 4.72 Å². The first-order valence-corrected chi connectivity index (χ1v) is 8.02. The summed E-state index contributed by atoms with van der Waals surface area (Å²) < 4.78 is 26.9. The number of hydrogen-bond acceptors (Lipinski definition) is 3. The number of halogens is 1. The van der Waals surface area contributed by atoms with Crippen molar-refractivity contribution >= 4 is 21.6 Å². The fourth-order valence-electron chi connectivity index (χ4n) is 1.76. The first-order valence-electron chi connectivity index (χ1n) is 6.16. The monoisotopic (exact) mass is 320 g/mol. The molecule has 0 radical (unpaired) electrons. The van der Waals surface area contributed by atoms with Crippen LogP contribution in [0.1, 0.15) is 17.2 Å². The summed E-state index contributed by atoms with van der Waals surface area (Å²) in [6, 6.07) is 13.9. The van der Waals surface area contributed by atoms with Gasteiger partial charge in [-0.05, 0) is 36.8 Å². The molecule has 0 aliphatic rings. The highest BCUT2D eigenvalue weighted by atomic mass is 35.5. The fraction of sp³-hybridized carbons (Fsp3) is 0.133. The number of benzene rings is 2. The molecule has 21 heavy (non-hydrogen) atoms. The third-order valence-electron chi connectivity index (χ3n) is 2.94. The van der Waals surface area contributed by atoms with Crippen LogP contribution in [0.4, 0.5) is 0 Å². The second-order valence-electron chi connectivity index (χ2n) is 4.55. The van der Waals surface area contributed by atoms with Crippen molar-refractivity contribution in [2.75, 3.05) is 0 Å². The van der Waals surface area contributed by atoms with Gasteiger partial charge in [0.2, 0.25) is 10.0 Å². The van der Waals surface area contributed by atoms with Crippen LogP contribution in [0.2, 0.25) is 5.02 Å². The maximum absolute atomic E-state index is 12.3. The number of nitriles is 1. The van der Waals surface area contributed by atoms with Crippen molar-refractivity contribution in [1.29, 1.82) is 5.26 Å². The van der Waals surface area contributed by atoms with Gasteiger partial charge >= 0.3 is 0 Å². The molecule has 0 saturated heterocycles. The summed E-state index contributed by atoms with van der Waals surface area (Å²) in [7, 11) is -3.75. The minimum Gasteiger partial charge on any atom is -0.207 e. The van der Waals surface area contributed by atoms with Gasteiger partial charge in [-0.15, -0.1) is 0 Å². The predicted molar refractivity (Wildman–Crippen MR) is 81.3 cm³/mol. The van der Waals surface area contributed by atoms with Crippen LogP contribution in [0.3, 0.4) is 0 Å². The van der Waals surface area contributed by atoms with Gasteiger partial charge in [-0.1, -0.05) is 41.4 Å². The lowest BCUT2D eigenvalue weighted by molar-refractivity contribution is 0.575. The summed E-state index contributed by atoms with van der Waals surface area (Å²) in [6.07, 6.45) is 0. The third kappa shape index (κ3) is 3.82. The van der Waals surface area contributed by atoms with E-state index in [1.165, 1.54) is 12.1 Å². The van der Waals surface area contributed by atoms with E-state index in [-0.39, 0.29) is 4.90 Å². The minimum atomic E-state index is -3.75. The first kappa shape index (κ1) is 15.5. The lowest BCUT2D eigenvalue weighted by Crippen LogP contribution is -2.27. The highest BCUT2D eigenvalue weighted by Crippen LogP contribution is 2.19. The number of aryl methyl sites for hydroxylation is 1. The van der Waals surface area contributed by atoms with Gasteiger partial charge in [0.15, 0.2) is 0 Å². The van der Waals surface area contributed by atoms with Crippen LogP contribution in [0.15, 0.2) is 53.4 Å². The maximum Gasteiger partial charge on any atom is 0.241 e. The molecule has 1 unspecified atom stereocenters. The lowest BCUT2D eigenvalue weighted by atomic mass is 10.1. The average Bonchev–Trinajstić information content (AvgIpc) is 2.46. The zero-order valence-corrected chi connectivity index (χ0v) is 12.8. The molecule has 4 nitrogen and oxygen atoms in total. The SMILES string of the molecule is Cc1ccc(S(=O)(=O)NC(C#N)c2ccc(Cl)cc2)cc1. The first-order chi connectivity index (χ1) is 9.92. The molecule has 0 aliphatic heterocycles. The Labute approximate surface area is 129 Å². The predicted octanol–water partition coefficient (Wildman–Crippen LogP) is 3.19. The largest absolute Gasteiger partial charge is 0.241 e. The van der Waals surface area contributed by atoms with Crippen molar-refractivity contribution in [2.24, 2.45) is 0 Å². The Kier molecular flexibility index (Phi) is 4.63. The summed E-state index contributed by atoms with van der Waals surface area (Å²) in [5, 5.41) is 9.72. The number of nitrogens with one attached hydrogen (secondary N) is 1. The molecule has 0 amide bonds. The van der Waals surface area contributed by atoms with Crippen LogP contribution in [-0.2, 0) is 10.0 Å². The minimum absolute atomic E-state index is 0.127. The molecule has 6 heteroatoms. The highest BCUT2D eigenvalue weighted by Gasteiger charge is 2.21. The summed E-state index contributed by atoms with van der Waals surface area (Å²) in [6.45, 7) is 1.87. The second-order valence-corrected chi connectivity index (χ2v) is 6.70. The van der Waals surface area contributed by atoms with Gasteiger partial charge in [-0.2, -0.15) is 9.98 Å². The Balaban J connectivity index is 2.27. The second kappa shape index (κ2) is 6.27. The van der Waals surface area contributed by atoms with Gasteiger partial charge in [0.1, 0.15) is 6.04 Å². The molecule has 0 saturated carbocycles. The Hall–Kier alpha value is -1.87. The topological polar surface area (TPSA) is 70.0 Å². The van der Waals surface area contributed by atoms with E-state index in [0.717, 1.165) is 5.56 Å². The van der Waals surface area contributed by atoms with Crippen LogP contribution in [0.25, 0.3) is 0 Å². The Morgan fingerprint density at radius 2 is 1.67 bits per heavy atom. The molecule has 0 fully saturated rings. The van der Waals surface area contributed by atoms with Crippen molar-refractivity contribution in [3.05, 3.63) is 64.7 Å². The smallest absolute Gasteiger partial charge is 0.207 e. The van der Waals surface area contributed by atoms with Crippen molar-refractivity contribution < 1.29 is 8.42 Å². The Morgan fingerprint density at radius 1 is 1.10 bits per heavy atom. The normalized spacial score (nSPS) is 12.6. The van der Waals surface area contributed by atoms with Gasteiger partial charge < -0.3 is 0 Å². The summed E-state index contributed by atoms with van der Waals surface area (Å²) in [5.74, 6) is 0. The van der Waals surface area contributed by atoms with Gasteiger partial charge in [-0.25, -0.2) is 8.42 Å². The van der Waals surface area contributed by atoms with Crippen LogP contribution in [0, 0.1) is 18.3 Å². The number of sulfonamides is 1. The zero-order valence-electron chi connectivity index (χ0n) is 11.2. The van der Waals surface area contributed by atoms with Gasteiger partial charge in [0.05, 0.1) is 11.0 Å². The van der Waals surface area contributed by atoms with E-state index in [2.05, 4.69) is 4.72 Å². The molecule has 0 spiro atoms. The molecule has 108 valence electrons. The third-order valence-corrected chi connectivity index (χ3v) is 4.63. The molecular weight excluding hydrogens is 308 g/mol. The zero-order chi connectivity index (χ0) is 15.5. The van der Waals surface area contributed by atoms with E-state index in [4.69, 9.17) is 11.6 Å². The number of nitrogens with zero attached hydrogens (tertiary/aromatic N) is 1. The Morgan fingerprint density at radius 3 is 2.19 bits per heavy atom. The molecule has 0 bridgehead atoms. The van der Waals surface area contributed by atoms with E-state index < -0.39 is 16.1 Å². The van der Waals surface area contributed by atoms with Crippen molar-refractivity contribution in [2.45, 2.75) is 17.9 Å². The summed E-state index contributed by atoms with van der Waals surface area (Å²) >= 11 is 5.78. The van der Waals surface area contributed by atoms with E-state index >= 15 is 0 Å². The van der Waals surface area contributed by atoms with E-state index in [1.54, 1.807) is 36.4 Å². The Bertz CT molecular complexity index is 763.